The fourth-order valence-corrected chi connectivity index (χ4v) is 6.74. The lowest BCUT2D eigenvalue weighted by molar-refractivity contribution is -0.283. The van der Waals surface area contributed by atoms with Crippen LogP contribution < -0.4 is 10.6 Å². The van der Waals surface area contributed by atoms with Crippen molar-refractivity contribution in [3.8, 4) is 0 Å². The molecule has 0 spiro atoms. The Morgan fingerprint density at radius 3 is 2.54 bits per heavy atom. The summed E-state index contributed by atoms with van der Waals surface area (Å²) in [5.74, 6) is -0.994. The smallest absolute Gasteiger partial charge is 0.323 e. The molecule has 28 heavy (non-hydrogen) atoms. The maximum atomic E-state index is 14.9. The molecule has 1 aromatic carbocycles. The Morgan fingerprint density at radius 2 is 1.86 bits per heavy atom. The van der Waals surface area contributed by atoms with Crippen LogP contribution in [0.3, 0.4) is 0 Å². The number of hydrogen-bond acceptors (Lipinski definition) is 2. The van der Waals surface area contributed by atoms with Crippen LogP contribution in [-0.4, -0.2) is 18.6 Å². The van der Waals surface area contributed by atoms with Crippen LogP contribution in [0.5, 0.6) is 0 Å². The zero-order chi connectivity index (χ0) is 19.7. The largest absolute Gasteiger partial charge is 0.394 e. The van der Waals surface area contributed by atoms with Gasteiger partial charge in [0.15, 0.2) is 0 Å². The number of carbonyl (C=O) groups is 1. The first-order valence-electron chi connectivity index (χ1n) is 10.1. The number of alkyl halides is 3. The summed E-state index contributed by atoms with van der Waals surface area (Å²) in [5.41, 5.74) is -1.21. The van der Waals surface area contributed by atoms with E-state index in [9.17, 15) is 22.4 Å². The molecule has 4 aliphatic carbocycles. The quantitative estimate of drug-likeness (QED) is 0.720. The predicted octanol–water partition coefficient (Wildman–Crippen LogP) is 4.56. The van der Waals surface area contributed by atoms with E-state index in [1.165, 1.54) is 0 Å². The summed E-state index contributed by atoms with van der Waals surface area (Å²) in [7, 11) is 0. The zero-order valence-electron chi connectivity index (χ0n) is 15.6. The molecule has 7 heteroatoms. The van der Waals surface area contributed by atoms with Gasteiger partial charge in [-0.2, -0.15) is 13.2 Å². The monoisotopic (exact) mass is 396 g/mol. The molecule has 1 aliphatic heterocycles. The Morgan fingerprint density at radius 1 is 1.14 bits per heavy atom. The van der Waals surface area contributed by atoms with E-state index in [1.807, 2.05) is 0 Å². The highest BCUT2D eigenvalue weighted by Gasteiger charge is 2.68. The molecule has 1 heterocycles. The molecule has 2 unspecified atom stereocenters. The summed E-state index contributed by atoms with van der Waals surface area (Å²) in [5, 5.41) is 5.86. The molecule has 4 saturated carbocycles. The molecule has 1 amide bonds. The number of nitrogens with one attached hydrogen (secondary N) is 2. The van der Waals surface area contributed by atoms with Crippen molar-refractivity contribution < 1.29 is 22.4 Å². The average Bonchev–Trinajstić information content (AvgIpc) is 2.62. The number of fused-ring (bicyclic) bond motifs is 1. The molecule has 152 valence electrons. The summed E-state index contributed by atoms with van der Waals surface area (Å²) in [6.07, 6.45) is -1.86. The first-order chi connectivity index (χ1) is 13.2. The Hall–Kier alpha value is -1.63. The lowest BCUT2D eigenvalue weighted by Gasteiger charge is -2.61. The molecule has 5 aliphatic rings. The second kappa shape index (κ2) is 5.94. The lowest BCUT2D eigenvalue weighted by Crippen LogP contribution is -2.60. The van der Waals surface area contributed by atoms with E-state index in [4.69, 9.17) is 0 Å². The van der Waals surface area contributed by atoms with Gasteiger partial charge in [-0.1, -0.05) is 6.07 Å². The molecule has 0 radical (unpaired) electrons. The highest BCUT2D eigenvalue weighted by atomic mass is 19.4. The average molecular weight is 396 g/mol. The fraction of sp³-hybridized carbons (Fsp3) is 0.667. The van der Waals surface area contributed by atoms with Crippen molar-refractivity contribution in [2.24, 2.45) is 22.7 Å². The van der Waals surface area contributed by atoms with Crippen molar-refractivity contribution in [2.75, 3.05) is 11.9 Å². The van der Waals surface area contributed by atoms with Crippen molar-refractivity contribution in [2.45, 2.75) is 57.7 Å². The fourth-order valence-electron chi connectivity index (χ4n) is 6.74. The highest BCUT2D eigenvalue weighted by Crippen LogP contribution is 2.69. The third-order valence-corrected chi connectivity index (χ3v) is 7.60. The number of rotatable bonds is 2. The van der Waals surface area contributed by atoms with Crippen molar-refractivity contribution >= 4 is 11.6 Å². The van der Waals surface area contributed by atoms with Gasteiger partial charge in [0, 0.05) is 6.54 Å². The number of benzene rings is 1. The summed E-state index contributed by atoms with van der Waals surface area (Å²) in [6.45, 7) is 1.25. The molecule has 4 bridgehead atoms. The first-order valence-corrected chi connectivity index (χ1v) is 10.1. The number of hydrogen-bond donors (Lipinski definition) is 2. The number of anilines is 1. The van der Waals surface area contributed by atoms with E-state index in [2.05, 4.69) is 10.6 Å². The topological polar surface area (TPSA) is 41.1 Å². The van der Waals surface area contributed by atoms with Crippen LogP contribution in [0.1, 0.15) is 49.7 Å². The Balaban J connectivity index is 1.44. The second-order valence-corrected chi connectivity index (χ2v) is 9.47. The minimum Gasteiger partial charge on any atom is -0.323 e. The van der Waals surface area contributed by atoms with Gasteiger partial charge in [0.1, 0.15) is 5.82 Å². The summed E-state index contributed by atoms with van der Waals surface area (Å²) in [6, 6.07) is 3.33. The highest BCUT2D eigenvalue weighted by molar-refractivity contribution is 5.96. The van der Waals surface area contributed by atoms with Gasteiger partial charge in [-0.05, 0) is 80.5 Å². The summed E-state index contributed by atoms with van der Waals surface area (Å²) in [4.78, 5) is 13.2. The maximum Gasteiger partial charge on any atom is 0.394 e. The molecular formula is C21H24F4N2O. The molecule has 2 atom stereocenters. The van der Waals surface area contributed by atoms with Crippen LogP contribution in [0, 0.1) is 28.5 Å². The maximum absolute atomic E-state index is 14.9. The van der Waals surface area contributed by atoms with Crippen molar-refractivity contribution in [3.63, 3.8) is 0 Å². The van der Waals surface area contributed by atoms with E-state index < -0.39 is 28.7 Å². The van der Waals surface area contributed by atoms with Gasteiger partial charge in [-0.3, -0.25) is 4.79 Å². The predicted molar refractivity (Wildman–Crippen MR) is 96.0 cm³/mol. The molecule has 1 aromatic rings. The van der Waals surface area contributed by atoms with Gasteiger partial charge in [-0.25, -0.2) is 4.39 Å². The third kappa shape index (κ3) is 2.61. The van der Waals surface area contributed by atoms with E-state index >= 15 is 0 Å². The second-order valence-electron chi connectivity index (χ2n) is 9.47. The van der Waals surface area contributed by atoms with Gasteiger partial charge in [0.2, 0.25) is 5.91 Å². The van der Waals surface area contributed by atoms with Crippen LogP contribution in [0.15, 0.2) is 12.1 Å². The molecular weight excluding hydrogens is 372 g/mol. The Labute approximate surface area is 161 Å². The lowest BCUT2D eigenvalue weighted by atomic mass is 9.43. The minimum absolute atomic E-state index is 0.0620. The minimum atomic E-state index is -4.29. The summed E-state index contributed by atoms with van der Waals surface area (Å²) < 4.78 is 56.7. The normalized spacial score (nSPS) is 36.3. The van der Waals surface area contributed by atoms with Gasteiger partial charge in [0.05, 0.1) is 16.5 Å². The summed E-state index contributed by atoms with van der Waals surface area (Å²) >= 11 is 0. The molecule has 6 rings (SSSR count). The van der Waals surface area contributed by atoms with E-state index in [1.54, 1.807) is 12.1 Å². The Bertz CT molecular complexity index is 820. The van der Waals surface area contributed by atoms with E-state index in [0.29, 0.717) is 37.9 Å². The van der Waals surface area contributed by atoms with Gasteiger partial charge in [0.25, 0.3) is 0 Å². The zero-order valence-corrected chi connectivity index (χ0v) is 15.6. The van der Waals surface area contributed by atoms with Crippen LogP contribution in [0.25, 0.3) is 0 Å². The number of amides is 1. The van der Waals surface area contributed by atoms with Crippen LogP contribution in [0.4, 0.5) is 23.2 Å². The molecule has 2 N–H and O–H groups in total. The van der Waals surface area contributed by atoms with Crippen molar-refractivity contribution in [1.82, 2.24) is 5.32 Å². The van der Waals surface area contributed by atoms with Gasteiger partial charge in [-0.15, -0.1) is 0 Å². The van der Waals surface area contributed by atoms with Crippen molar-refractivity contribution in [1.29, 1.82) is 0 Å². The molecule has 0 aromatic heterocycles. The first kappa shape index (κ1) is 18.4. The molecule has 3 nitrogen and oxygen atoms in total. The van der Waals surface area contributed by atoms with Crippen molar-refractivity contribution in [3.05, 3.63) is 29.1 Å². The van der Waals surface area contributed by atoms with Gasteiger partial charge >= 0.3 is 6.18 Å². The van der Waals surface area contributed by atoms with Crippen LogP contribution in [-0.2, 0) is 17.8 Å². The standard InChI is InChI=1S/C21H24F4N2O/c22-17-15-3-4-26-10-14(15)1-2-16(17)27-18(28)19-6-12-5-13(7-19)9-20(8-12,11-19)21(23,24)25/h1-2,12-13,26H,3-11H2,(H,27,28). The Kier molecular flexibility index (Phi) is 3.90. The van der Waals surface area contributed by atoms with Crippen LogP contribution >= 0.6 is 0 Å². The molecule has 4 fully saturated rings. The number of carbonyl (C=O) groups excluding carboxylic acids is 1. The van der Waals surface area contributed by atoms with Crippen LogP contribution in [0.2, 0.25) is 0 Å². The van der Waals surface area contributed by atoms with Gasteiger partial charge < -0.3 is 10.6 Å². The van der Waals surface area contributed by atoms with E-state index in [0.717, 1.165) is 12.0 Å². The van der Waals surface area contributed by atoms with E-state index in [-0.39, 0.29) is 36.8 Å². The third-order valence-electron chi connectivity index (χ3n) is 7.60. The number of halogens is 4. The SMILES string of the molecule is O=C(Nc1ccc2c(c1F)CCNC2)C12CC3CC(C1)CC(C(F)(F)F)(C3)C2. The molecule has 0 saturated heterocycles.